The van der Waals surface area contributed by atoms with Gasteiger partial charge in [0.25, 0.3) is 5.91 Å². The summed E-state index contributed by atoms with van der Waals surface area (Å²) < 4.78 is 28.8. The Hall–Kier alpha value is -2.67. The van der Waals surface area contributed by atoms with E-state index in [1.807, 2.05) is 60.7 Å². The summed E-state index contributed by atoms with van der Waals surface area (Å²) in [6, 6.07) is 18.2. The number of nitrogens with zero attached hydrogens (tertiary/aromatic N) is 1. The van der Waals surface area contributed by atoms with E-state index in [-0.39, 0.29) is 23.5 Å². The van der Waals surface area contributed by atoms with Crippen LogP contribution in [0.3, 0.4) is 0 Å². The molecule has 154 valence electrons. The molecule has 6 nitrogen and oxygen atoms in total. The SMILES string of the molecule is CCN(C(=O)COC(=O)C(c1ccccc1)c1ccccc1)[C@H]1CCS(=O)(=O)C1. The summed E-state index contributed by atoms with van der Waals surface area (Å²) in [6.45, 7) is 1.76. The topological polar surface area (TPSA) is 80.8 Å². The van der Waals surface area contributed by atoms with Crippen molar-refractivity contribution in [2.24, 2.45) is 0 Å². The van der Waals surface area contributed by atoms with Crippen molar-refractivity contribution >= 4 is 21.7 Å². The Bertz CT molecular complexity index is 904. The van der Waals surface area contributed by atoms with Gasteiger partial charge < -0.3 is 9.64 Å². The number of hydrogen-bond donors (Lipinski definition) is 0. The maximum Gasteiger partial charge on any atom is 0.318 e. The molecule has 1 fully saturated rings. The fourth-order valence-electron chi connectivity index (χ4n) is 3.71. The number of carbonyl (C=O) groups is 2. The molecule has 0 aliphatic carbocycles. The molecule has 1 atom stereocenters. The second kappa shape index (κ2) is 9.22. The number of ether oxygens (including phenoxy) is 1. The molecule has 2 aromatic carbocycles. The molecular weight excluding hydrogens is 390 g/mol. The number of amides is 1. The van der Waals surface area contributed by atoms with Crippen LogP contribution >= 0.6 is 0 Å². The van der Waals surface area contributed by atoms with Crippen LogP contribution < -0.4 is 0 Å². The Balaban J connectivity index is 1.70. The zero-order valence-electron chi connectivity index (χ0n) is 16.4. The van der Waals surface area contributed by atoms with Gasteiger partial charge >= 0.3 is 5.97 Å². The van der Waals surface area contributed by atoms with Crippen LogP contribution in [0.25, 0.3) is 0 Å². The average molecular weight is 416 g/mol. The van der Waals surface area contributed by atoms with Crippen LogP contribution in [0, 0.1) is 0 Å². The number of benzene rings is 2. The van der Waals surface area contributed by atoms with E-state index in [4.69, 9.17) is 4.74 Å². The zero-order chi connectivity index (χ0) is 20.9. The summed E-state index contributed by atoms with van der Waals surface area (Å²) in [7, 11) is -3.10. The third kappa shape index (κ3) is 5.23. The Morgan fingerprint density at radius 2 is 1.59 bits per heavy atom. The lowest BCUT2D eigenvalue weighted by atomic mass is 9.91. The summed E-state index contributed by atoms with van der Waals surface area (Å²) in [6.07, 6.45) is 0.423. The molecule has 2 aromatic rings. The minimum Gasteiger partial charge on any atom is -0.455 e. The molecule has 0 bridgehead atoms. The average Bonchev–Trinajstić information content (AvgIpc) is 3.08. The summed E-state index contributed by atoms with van der Waals surface area (Å²) in [4.78, 5) is 27.0. The van der Waals surface area contributed by atoms with Gasteiger partial charge in [-0.2, -0.15) is 0 Å². The van der Waals surface area contributed by atoms with E-state index in [9.17, 15) is 18.0 Å². The molecule has 0 unspecified atom stereocenters. The maximum atomic E-state index is 12.9. The van der Waals surface area contributed by atoms with E-state index < -0.39 is 28.3 Å². The predicted octanol–water partition coefficient (Wildman–Crippen LogP) is 2.40. The standard InChI is InChI=1S/C22H25NO5S/c1-2-23(19-13-14-29(26,27)16-19)20(24)15-28-22(25)21(17-9-5-3-6-10-17)18-11-7-4-8-12-18/h3-12,19,21H,2,13-16H2,1H3/t19-/m0/s1. The second-order valence-electron chi connectivity index (χ2n) is 7.10. The first-order chi connectivity index (χ1) is 13.9. The van der Waals surface area contributed by atoms with Gasteiger partial charge in [-0.1, -0.05) is 60.7 Å². The highest BCUT2D eigenvalue weighted by atomic mass is 32.2. The van der Waals surface area contributed by atoms with Gasteiger partial charge in [-0.25, -0.2) is 8.42 Å². The van der Waals surface area contributed by atoms with E-state index in [0.29, 0.717) is 13.0 Å². The van der Waals surface area contributed by atoms with Crippen molar-refractivity contribution in [2.45, 2.75) is 25.3 Å². The molecule has 1 amide bonds. The molecule has 3 rings (SSSR count). The van der Waals surface area contributed by atoms with E-state index in [1.165, 1.54) is 4.90 Å². The molecule has 1 aliphatic heterocycles. The van der Waals surface area contributed by atoms with Crippen LogP contribution in [-0.4, -0.2) is 55.9 Å². The molecule has 0 radical (unpaired) electrons. The maximum absolute atomic E-state index is 12.9. The van der Waals surface area contributed by atoms with E-state index in [1.54, 1.807) is 6.92 Å². The van der Waals surface area contributed by atoms with Crippen molar-refractivity contribution in [3.05, 3.63) is 71.8 Å². The van der Waals surface area contributed by atoms with Crippen molar-refractivity contribution < 1.29 is 22.7 Å². The van der Waals surface area contributed by atoms with Crippen LogP contribution in [0.1, 0.15) is 30.4 Å². The first-order valence-corrected chi connectivity index (χ1v) is 11.5. The normalized spacial score (nSPS) is 17.8. The smallest absolute Gasteiger partial charge is 0.318 e. The fraction of sp³-hybridized carbons (Fsp3) is 0.364. The number of sulfone groups is 1. The summed E-state index contributed by atoms with van der Waals surface area (Å²) in [5.41, 5.74) is 1.57. The van der Waals surface area contributed by atoms with Crippen LogP contribution in [0.15, 0.2) is 60.7 Å². The van der Waals surface area contributed by atoms with Gasteiger partial charge in [-0.15, -0.1) is 0 Å². The van der Waals surface area contributed by atoms with Gasteiger partial charge in [0.2, 0.25) is 0 Å². The van der Waals surface area contributed by atoms with Crippen LogP contribution in [0.2, 0.25) is 0 Å². The largest absolute Gasteiger partial charge is 0.455 e. The Morgan fingerprint density at radius 1 is 1.03 bits per heavy atom. The molecule has 7 heteroatoms. The van der Waals surface area contributed by atoms with Gasteiger partial charge in [-0.3, -0.25) is 9.59 Å². The quantitative estimate of drug-likeness (QED) is 0.649. The van der Waals surface area contributed by atoms with Gasteiger partial charge in [0.15, 0.2) is 16.4 Å². The summed E-state index contributed by atoms with van der Waals surface area (Å²) >= 11 is 0. The van der Waals surface area contributed by atoms with Gasteiger partial charge in [0, 0.05) is 12.6 Å². The Labute approximate surface area is 171 Å². The first kappa shape index (κ1) is 21.0. The number of likely N-dealkylation sites (N-methyl/N-ethyl adjacent to an activating group) is 1. The van der Waals surface area contributed by atoms with Gasteiger partial charge in [0.05, 0.1) is 11.5 Å². The Morgan fingerprint density at radius 3 is 2.03 bits per heavy atom. The summed E-state index contributed by atoms with van der Waals surface area (Å²) in [5.74, 6) is -1.46. The van der Waals surface area contributed by atoms with Crippen molar-refractivity contribution in [2.75, 3.05) is 24.7 Å². The monoisotopic (exact) mass is 415 g/mol. The third-order valence-corrected chi connectivity index (χ3v) is 6.90. The molecule has 1 saturated heterocycles. The molecule has 1 heterocycles. The summed E-state index contributed by atoms with van der Waals surface area (Å²) in [5, 5.41) is 0. The van der Waals surface area contributed by atoms with Crippen LogP contribution in [0.4, 0.5) is 0 Å². The van der Waals surface area contributed by atoms with Crippen LogP contribution in [-0.2, 0) is 24.2 Å². The Kier molecular flexibility index (Phi) is 6.69. The van der Waals surface area contributed by atoms with E-state index >= 15 is 0 Å². The minimum absolute atomic E-state index is 0.0306. The molecule has 0 N–H and O–H groups in total. The van der Waals surface area contributed by atoms with Crippen molar-refractivity contribution in [3.63, 3.8) is 0 Å². The highest BCUT2D eigenvalue weighted by Crippen LogP contribution is 2.26. The van der Waals surface area contributed by atoms with Crippen molar-refractivity contribution in [1.82, 2.24) is 4.90 Å². The zero-order valence-corrected chi connectivity index (χ0v) is 17.2. The molecule has 0 saturated carbocycles. The number of esters is 1. The van der Waals surface area contributed by atoms with E-state index in [2.05, 4.69) is 0 Å². The van der Waals surface area contributed by atoms with Crippen molar-refractivity contribution in [1.29, 1.82) is 0 Å². The lowest BCUT2D eigenvalue weighted by Gasteiger charge is -2.27. The van der Waals surface area contributed by atoms with Crippen LogP contribution in [0.5, 0.6) is 0 Å². The van der Waals surface area contributed by atoms with Gasteiger partial charge in [0.1, 0.15) is 5.92 Å². The van der Waals surface area contributed by atoms with Gasteiger partial charge in [-0.05, 0) is 24.5 Å². The van der Waals surface area contributed by atoms with E-state index in [0.717, 1.165) is 11.1 Å². The first-order valence-electron chi connectivity index (χ1n) is 9.67. The molecule has 0 aromatic heterocycles. The fourth-order valence-corrected chi connectivity index (χ4v) is 5.44. The number of carbonyl (C=O) groups excluding carboxylic acids is 2. The lowest BCUT2D eigenvalue weighted by Crippen LogP contribution is -2.43. The second-order valence-corrected chi connectivity index (χ2v) is 9.33. The molecular formula is C22H25NO5S. The molecule has 0 spiro atoms. The lowest BCUT2D eigenvalue weighted by molar-refractivity contribution is -0.153. The predicted molar refractivity (Wildman–Crippen MR) is 110 cm³/mol. The third-order valence-electron chi connectivity index (χ3n) is 5.15. The highest BCUT2D eigenvalue weighted by molar-refractivity contribution is 7.91. The molecule has 1 aliphatic rings. The minimum atomic E-state index is -3.10. The van der Waals surface area contributed by atoms with Crippen molar-refractivity contribution in [3.8, 4) is 0 Å². The number of hydrogen-bond acceptors (Lipinski definition) is 5. The highest BCUT2D eigenvalue weighted by Gasteiger charge is 2.34. The molecule has 29 heavy (non-hydrogen) atoms. The number of rotatable bonds is 7.